The maximum atomic E-state index is 10.9. The molecule has 0 aromatic carbocycles. The van der Waals surface area contributed by atoms with Crippen LogP contribution < -0.4 is 0 Å². The molecule has 0 bridgehead atoms. The molecule has 0 N–H and O–H groups in total. The normalized spacial score (nSPS) is 15.3. The van der Waals surface area contributed by atoms with Crippen molar-refractivity contribution in [3.63, 3.8) is 0 Å². The zero-order valence-corrected chi connectivity index (χ0v) is 10.2. The summed E-state index contributed by atoms with van der Waals surface area (Å²) in [6.07, 6.45) is 2.80. The molecule has 1 rings (SSSR count). The molecule has 0 saturated carbocycles. The first-order chi connectivity index (χ1) is 6.11. The van der Waals surface area contributed by atoms with E-state index in [9.17, 15) is 4.79 Å². The van der Waals surface area contributed by atoms with Gasteiger partial charge >= 0.3 is 0 Å². The van der Waals surface area contributed by atoms with E-state index in [-0.39, 0.29) is 5.41 Å². The molecule has 0 amide bonds. The van der Waals surface area contributed by atoms with Crippen LogP contribution in [0.25, 0.3) is 0 Å². The second-order valence-electron chi connectivity index (χ2n) is 3.49. The molecule has 0 saturated heterocycles. The van der Waals surface area contributed by atoms with Gasteiger partial charge in [-0.2, -0.15) is 0 Å². The summed E-state index contributed by atoms with van der Waals surface area (Å²) in [4.78, 5) is 12.1. The van der Waals surface area contributed by atoms with Crippen LogP contribution in [0.15, 0.2) is 15.9 Å². The highest BCUT2D eigenvalue weighted by molar-refractivity contribution is 9.10. The molecule has 72 valence electrons. The van der Waals surface area contributed by atoms with Gasteiger partial charge in [0.25, 0.3) is 0 Å². The van der Waals surface area contributed by atoms with Crippen LogP contribution in [0, 0.1) is 5.41 Å². The number of halogens is 1. The number of hydrogen-bond donors (Lipinski definition) is 0. The molecule has 1 heterocycles. The van der Waals surface area contributed by atoms with Crippen LogP contribution in [0.1, 0.15) is 25.1 Å². The first kappa shape index (κ1) is 10.9. The molecule has 0 spiro atoms. The zero-order valence-electron chi connectivity index (χ0n) is 7.84. The molecule has 0 aliphatic carbocycles. The van der Waals surface area contributed by atoms with Gasteiger partial charge in [0.2, 0.25) is 0 Å². The van der Waals surface area contributed by atoms with Crippen molar-refractivity contribution in [2.24, 2.45) is 5.41 Å². The highest BCUT2D eigenvalue weighted by Crippen LogP contribution is 2.31. The molecule has 0 aliphatic heterocycles. The number of rotatable bonds is 4. The number of thiophene rings is 1. The quantitative estimate of drug-likeness (QED) is 0.756. The molecule has 1 nitrogen and oxygen atoms in total. The van der Waals surface area contributed by atoms with Crippen molar-refractivity contribution in [2.75, 3.05) is 0 Å². The van der Waals surface area contributed by atoms with Gasteiger partial charge < -0.3 is 4.79 Å². The van der Waals surface area contributed by atoms with Crippen LogP contribution in [0.5, 0.6) is 0 Å². The first-order valence-electron chi connectivity index (χ1n) is 4.29. The Kier molecular flexibility index (Phi) is 3.68. The minimum absolute atomic E-state index is 0.201. The van der Waals surface area contributed by atoms with Gasteiger partial charge in [-0.05, 0) is 40.2 Å². The Labute approximate surface area is 91.3 Å². The Morgan fingerprint density at radius 2 is 2.38 bits per heavy atom. The first-order valence-corrected chi connectivity index (χ1v) is 5.97. The van der Waals surface area contributed by atoms with Crippen molar-refractivity contribution < 1.29 is 4.79 Å². The third-order valence-electron chi connectivity index (χ3n) is 2.35. The summed E-state index contributed by atoms with van der Waals surface area (Å²) in [6, 6.07) is 2.03. The monoisotopic (exact) mass is 260 g/mol. The number of carbonyl (C=O) groups is 1. The van der Waals surface area contributed by atoms with Gasteiger partial charge in [0.1, 0.15) is 6.29 Å². The summed E-state index contributed by atoms with van der Waals surface area (Å²) in [6.45, 7) is 4.06. The maximum Gasteiger partial charge on any atom is 0.126 e. The third-order valence-corrected chi connectivity index (χ3v) is 4.27. The minimum Gasteiger partial charge on any atom is -0.303 e. The Balaban J connectivity index is 2.78. The summed E-state index contributed by atoms with van der Waals surface area (Å²) in [5.74, 6) is 0. The second-order valence-corrected chi connectivity index (χ2v) is 5.35. The van der Waals surface area contributed by atoms with Crippen LogP contribution in [0.3, 0.4) is 0 Å². The molecule has 1 aromatic rings. The lowest BCUT2D eigenvalue weighted by atomic mass is 9.85. The van der Waals surface area contributed by atoms with E-state index in [1.807, 2.05) is 18.4 Å². The van der Waals surface area contributed by atoms with Gasteiger partial charge in [0.15, 0.2) is 0 Å². The Morgan fingerprint density at radius 1 is 1.69 bits per heavy atom. The molecule has 1 unspecified atom stereocenters. The summed E-state index contributed by atoms with van der Waals surface area (Å²) in [7, 11) is 0. The topological polar surface area (TPSA) is 17.1 Å². The van der Waals surface area contributed by atoms with Gasteiger partial charge in [-0.3, -0.25) is 0 Å². The van der Waals surface area contributed by atoms with Gasteiger partial charge in [0.05, 0.1) is 0 Å². The molecule has 1 aromatic heterocycles. The standard InChI is InChI=1S/C10H13BrOS/c1-3-10(2,7-12)6-9-8(11)4-5-13-9/h4-5,7H,3,6H2,1-2H3. The predicted octanol–water partition coefficient (Wildman–Crippen LogP) is 3.67. The summed E-state index contributed by atoms with van der Waals surface area (Å²) < 4.78 is 1.12. The van der Waals surface area contributed by atoms with Crippen LogP contribution in [-0.4, -0.2) is 6.29 Å². The molecule has 0 radical (unpaired) electrons. The van der Waals surface area contributed by atoms with Gasteiger partial charge in [-0.1, -0.05) is 13.8 Å². The van der Waals surface area contributed by atoms with Crippen molar-refractivity contribution >= 4 is 33.6 Å². The fourth-order valence-corrected chi connectivity index (χ4v) is 2.76. The number of hydrogen-bond acceptors (Lipinski definition) is 2. The molecule has 0 fully saturated rings. The fraction of sp³-hybridized carbons (Fsp3) is 0.500. The van der Waals surface area contributed by atoms with E-state index in [4.69, 9.17) is 0 Å². The largest absolute Gasteiger partial charge is 0.303 e. The summed E-state index contributed by atoms with van der Waals surface area (Å²) in [5.41, 5.74) is -0.201. The van der Waals surface area contributed by atoms with E-state index in [2.05, 4.69) is 22.9 Å². The SMILES string of the molecule is CCC(C)(C=O)Cc1sccc1Br. The van der Waals surface area contributed by atoms with Crippen molar-refractivity contribution in [3.8, 4) is 0 Å². The van der Waals surface area contributed by atoms with E-state index in [1.54, 1.807) is 11.3 Å². The van der Waals surface area contributed by atoms with Gasteiger partial charge in [0, 0.05) is 14.8 Å². The predicted molar refractivity (Wildman–Crippen MR) is 60.2 cm³/mol. The van der Waals surface area contributed by atoms with E-state index < -0.39 is 0 Å². The average Bonchev–Trinajstić information content (AvgIpc) is 2.52. The van der Waals surface area contributed by atoms with Crippen LogP contribution >= 0.6 is 27.3 Å². The van der Waals surface area contributed by atoms with E-state index in [1.165, 1.54) is 4.88 Å². The lowest BCUT2D eigenvalue weighted by Crippen LogP contribution is -2.19. The fourth-order valence-electron chi connectivity index (χ4n) is 1.07. The Hall–Kier alpha value is -0.150. The molecular formula is C10H13BrOS. The molecule has 13 heavy (non-hydrogen) atoms. The Morgan fingerprint density at radius 3 is 2.77 bits per heavy atom. The van der Waals surface area contributed by atoms with Crippen molar-refractivity contribution in [1.29, 1.82) is 0 Å². The van der Waals surface area contributed by atoms with Crippen molar-refractivity contribution in [1.82, 2.24) is 0 Å². The number of carbonyl (C=O) groups excluding carboxylic acids is 1. The van der Waals surface area contributed by atoms with Gasteiger partial charge in [-0.25, -0.2) is 0 Å². The van der Waals surface area contributed by atoms with E-state index in [0.29, 0.717) is 0 Å². The third kappa shape index (κ3) is 2.64. The van der Waals surface area contributed by atoms with E-state index in [0.717, 1.165) is 23.6 Å². The second kappa shape index (κ2) is 4.38. The molecule has 3 heteroatoms. The minimum atomic E-state index is -0.201. The Bertz CT molecular complexity index is 295. The molecule has 0 aliphatic rings. The number of aldehydes is 1. The molecule has 1 atom stereocenters. The van der Waals surface area contributed by atoms with Crippen molar-refractivity contribution in [2.45, 2.75) is 26.7 Å². The summed E-state index contributed by atoms with van der Waals surface area (Å²) in [5, 5.41) is 2.04. The highest BCUT2D eigenvalue weighted by Gasteiger charge is 2.23. The van der Waals surface area contributed by atoms with Crippen LogP contribution in [0.2, 0.25) is 0 Å². The van der Waals surface area contributed by atoms with Crippen LogP contribution in [0.4, 0.5) is 0 Å². The molecular weight excluding hydrogens is 248 g/mol. The van der Waals surface area contributed by atoms with Crippen molar-refractivity contribution in [3.05, 3.63) is 20.8 Å². The smallest absolute Gasteiger partial charge is 0.126 e. The maximum absolute atomic E-state index is 10.9. The van der Waals surface area contributed by atoms with E-state index >= 15 is 0 Å². The highest BCUT2D eigenvalue weighted by atomic mass is 79.9. The average molecular weight is 261 g/mol. The van der Waals surface area contributed by atoms with Crippen LogP contribution in [-0.2, 0) is 11.2 Å². The summed E-state index contributed by atoms with van der Waals surface area (Å²) >= 11 is 5.17. The van der Waals surface area contributed by atoms with Gasteiger partial charge in [-0.15, -0.1) is 11.3 Å². The lowest BCUT2D eigenvalue weighted by molar-refractivity contribution is -0.115. The lowest BCUT2D eigenvalue weighted by Gasteiger charge is -2.19. The zero-order chi connectivity index (χ0) is 9.90.